The third-order valence-corrected chi connectivity index (χ3v) is 5.94. The van der Waals surface area contributed by atoms with E-state index in [4.69, 9.17) is 4.74 Å². The van der Waals surface area contributed by atoms with Crippen LogP contribution in [0.2, 0.25) is 0 Å². The number of carbonyl (C=O) groups excluding carboxylic acids is 2. The van der Waals surface area contributed by atoms with Gasteiger partial charge in [0.05, 0.1) is 24.8 Å². The van der Waals surface area contributed by atoms with Crippen LogP contribution in [0.25, 0.3) is 0 Å². The number of hydrogen-bond acceptors (Lipinski definition) is 5. The molecule has 3 aromatic rings. The third kappa shape index (κ3) is 4.31. The number of ether oxygens (including phenoxy) is 1. The number of rotatable bonds is 6. The average molecular weight is 422 g/mol. The lowest BCUT2D eigenvalue weighted by Crippen LogP contribution is -2.50. The molecule has 2 N–H and O–H groups in total. The summed E-state index contributed by atoms with van der Waals surface area (Å²) in [6.45, 7) is 0.432. The molecule has 0 unspecified atom stereocenters. The topological polar surface area (TPSA) is 70.7 Å². The summed E-state index contributed by atoms with van der Waals surface area (Å²) in [6.07, 6.45) is -0.667. The maximum atomic E-state index is 13.1. The Morgan fingerprint density at radius 3 is 2.60 bits per heavy atom. The van der Waals surface area contributed by atoms with Gasteiger partial charge in [-0.25, -0.2) is 0 Å². The lowest BCUT2D eigenvalue weighted by molar-refractivity contribution is -0.127. The van der Waals surface area contributed by atoms with E-state index >= 15 is 0 Å². The molecule has 2 atom stereocenters. The predicted octanol–water partition coefficient (Wildman–Crippen LogP) is 2.97. The molecule has 7 heteroatoms. The van der Waals surface area contributed by atoms with Crippen LogP contribution in [0.4, 0.5) is 5.69 Å². The fourth-order valence-corrected chi connectivity index (χ4v) is 4.36. The Kier molecular flexibility index (Phi) is 5.99. The molecule has 2 amide bonds. The minimum Gasteiger partial charge on any atom is -0.477 e. The van der Waals surface area contributed by atoms with Crippen molar-refractivity contribution in [3.05, 3.63) is 82.6 Å². The first-order valence-corrected chi connectivity index (χ1v) is 10.6. The molecule has 0 radical (unpaired) electrons. The fraction of sp³-hybridized carbons (Fsp3) is 0.217. The number of carbonyl (C=O) groups is 2. The molecule has 0 saturated heterocycles. The lowest BCUT2D eigenvalue weighted by Gasteiger charge is -2.35. The first kappa shape index (κ1) is 20.0. The van der Waals surface area contributed by atoms with Gasteiger partial charge in [0.1, 0.15) is 5.75 Å². The molecule has 6 nitrogen and oxygen atoms in total. The van der Waals surface area contributed by atoms with Crippen molar-refractivity contribution in [2.24, 2.45) is 0 Å². The van der Waals surface area contributed by atoms with Gasteiger partial charge in [-0.3, -0.25) is 9.59 Å². The monoisotopic (exact) mass is 421 g/mol. The van der Waals surface area contributed by atoms with E-state index < -0.39 is 6.10 Å². The number of amides is 2. The van der Waals surface area contributed by atoms with Gasteiger partial charge in [-0.05, 0) is 29.1 Å². The summed E-state index contributed by atoms with van der Waals surface area (Å²) in [5.41, 5.74) is 1.83. The first-order valence-electron chi connectivity index (χ1n) is 9.75. The molecule has 0 saturated carbocycles. The van der Waals surface area contributed by atoms with Crippen molar-refractivity contribution in [2.75, 3.05) is 25.0 Å². The zero-order valence-corrected chi connectivity index (χ0v) is 17.4. The Labute approximate surface area is 179 Å². The number of benzene rings is 2. The molecule has 30 heavy (non-hydrogen) atoms. The molecular formula is C23H23N3O3S. The van der Waals surface area contributed by atoms with Gasteiger partial charge in [0.15, 0.2) is 6.10 Å². The van der Waals surface area contributed by atoms with Gasteiger partial charge in [0, 0.05) is 11.9 Å². The number of thiophene rings is 1. The summed E-state index contributed by atoms with van der Waals surface area (Å²) in [7, 11) is 1.58. The Bertz CT molecular complexity index is 1010. The van der Waals surface area contributed by atoms with Crippen LogP contribution in [0.5, 0.6) is 5.75 Å². The number of anilines is 1. The van der Waals surface area contributed by atoms with Gasteiger partial charge in [-0.1, -0.05) is 48.5 Å². The van der Waals surface area contributed by atoms with Crippen LogP contribution in [-0.2, 0) is 9.59 Å². The molecule has 1 aromatic heterocycles. The zero-order chi connectivity index (χ0) is 20.9. The highest BCUT2D eigenvalue weighted by atomic mass is 32.1. The number of para-hydroxylation sites is 2. The number of nitrogens with one attached hydrogen (secondary N) is 2. The second-order valence-corrected chi connectivity index (χ2v) is 7.97. The van der Waals surface area contributed by atoms with Crippen LogP contribution in [0, 0.1) is 0 Å². The molecule has 2 heterocycles. The van der Waals surface area contributed by atoms with E-state index in [0.29, 0.717) is 12.3 Å². The normalized spacial score (nSPS) is 16.2. The Balaban J connectivity index is 1.54. The summed E-state index contributed by atoms with van der Waals surface area (Å²) in [5.74, 6) is 0.267. The third-order valence-electron chi connectivity index (χ3n) is 5.00. The minimum absolute atomic E-state index is 0.121. The summed E-state index contributed by atoms with van der Waals surface area (Å²) in [4.78, 5) is 28.2. The van der Waals surface area contributed by atoms with E-state index in [1.165, 1.54) is 0 Å². The number of likely N-dealkylation sites (N-methyl/N-ethyl adjacent to an activating group) is 1. The van der Waals surface area contributed by atoms with Crippen molar-refractivity contribution < 1.29 is 14.3 Å². The SMILES string of the molecule is CNC(=O)[C@@H]1CN(CC(=O)N[C@H](c2ccccc2)c2cccs2)c2ccccc2O1. The van der Waals surface area contributed by atoms with Gasteiger partial charge in [0.2, 0.25) is 5.91 Å². The van der Waals surface area contributed by atoms with E-state index in [1.807, 2.05) is 77.0 Å². The molecular weight excluding hydrogens is 398 g/mol. The Morgan fingerprint density at radius 1 is 1.10 bits per heavy atom. The van der Waals surface area contributed by atoms with Gasteiger partial charge in [0.25, 0.3) is 5.91 Å². The maximum absolute atomic E-state index is 13.1. The van der Waals surface area contributed by atoms with Gasteiger partial charge in [-0.2, -0.15) is 0 Å². The molecule has 154 valence electrons. The van der Waals surface area contributed by atoms with Gasteiger partial charge < -0.3 is 20.3 Å². The molecule has 0 spiro atoms. The summed E-state index contributed by atoms with van der Waals surface area (Å²) in [5, 5.41) is 7.79. The highest BCUT2D eigenvalue weighted by Gasteiger charge is 2.31. The second-order valence-electron chi connectivity index (χ2n) is 7.00. The Hall–Kier alpha value is -3.32. The van der Waals surface area contributed by atoms with Crippen molar-refractivity contribution >= 4 is 28.8 Å². The van der Waals surface area contributed by atoms with E-state index in [0.717, 1.165) is 16.1 Å². The molecule has 0 aliphatic carbocycles. The quantitative estimate of drug-likeness (QED) is 0.642. The fourth-order valence-electron chi connectivity index (χ4n) is 3.55. The van der Waals surface area contributed by atoms with Gasteiger partial charge in [-0.15, -0.1) is 11.3 Å². The predicted molar refractivity (Wildman–Crippen MR) is 118 cm³/mol. The first-order chi connectivity index (χ1) is 14.7. The average Bonchev–Trinajstić information content (AvgIpc) is 3.32. The largest absolute Gasteiger partial charge is 0.477 e. The summed E-state index contributed by atoms with van der Waals surface area (Å²) >= 11 is 1.61. The highest BCUT2D eigenvalue weighted by molar-refractivity contribution is 7.10. The van der Waals surface area contributed by atoms with E-state index in [1.54, 1.807) is 18.4 Å². The summed E-state index contributed by atoms with van der Waals surface area (Å²) in [6, 6.07) is 21.2. The van der Waals surface area contributed by atoms with Crippen molar-refractivity contribution in [1.29, 1.82) is 0 Å². The molecule has 2 aromatic carbocycles. The van der Waals surface area contributed by atoms with Gasteiger partial charge >= 0.3 is 0 Å². The van der Waals surface area contributed by atoms with E-state index in [2.05, 4.69) is 10.6 Å². The van der Waals surface area contributed by atoms with Crippen LogP contribution in [0.1, 0.15) is 16.5 Å². The zero-order valence-electron chi connectivity index (χ0n) is 16.6. The van der Waals surface area contributed by atoms with Crippen molar-refractivity contribution in [3.63, 3.8) is 0 Å². The number of nitrogens with zero attached hydrogens (tertiary/aromatic N) is 1. The molecule has 4 rings (SSSR count). The molecule has 0 fully saturated rings. The van der Waals surface area contributed by atoms with E-state index in [-0.39, 0.29) is 24.4 Å². The smallest absolute Gasteiger partial charge is 0.262 e. The van der Waals surface area contributed by atoms with Crippen LogP contribution < -0.4 is 20.3 Å². The molecule has 0 bridgehead atoms. The van der Waals surface area contributed by atoms with Crippen LogP contribution in [0.15, 0.2) is 72.1 Å². The lowest BCUT2D eigenvalue weighted by atomic mass is 10.1. The van der Waals surface area contributed by atoms with Crippen LogP contribution in [0.3, 0.4) is 0 Å². The highest BCUT2D eigenvalue weighted by Crippen LogP contribution is 2.33. The molecule has 1 aliphatic rings. The maximum Gasteiger partial charge on any atom is 0.262 e. The Morgan fingerprint density at radius 2 is 1.87 bits per heavy atom. The number of fused-ring (bicyclic) bond motifs is 1. The number of hydrogen-bond donors (Lipinski definition) is 2. The summed E-state index contributed by atoms with van der Waals surface area (Å²) < 4.78 is 5.82. The van der Waals surface area contributed by atoms with Crippen LogP contribution in [-0.4, -0.2) is 38.1 Å². The van der Waals surface area contributed by atoms with Crippen molar-refractivity contribution in [2.45, 2.75) is 12.1 Å². The van der Waals surface area contributed by atoms with E-state index in [9.17, 15) is 9.59 Å². The standard InChI is InChI=1S/C23H23N3O3S/c1-24-23(28)19-14-26(17-10-5-6-11-18(17)29-19)15-21(27)25-22(20-12-7-13-30-20)16-8-3-2-4-9-16/h2-13,19,22H,14-15H2,1H3,(H,24,28)(H,25,27)/t19-,22+/m0/s1. The second kappa shape index (κ2) is 9.00. The van der Waals surface area contributed by atoms with Crippen LogP contribution >= 0.6 is 11.3 Å². The van der Waals surface area contributed by atoms with Crippen molar-refractivity contribution in [1.82, 2.24) is 10.6 Å². The van der Waals surface area contributed by atoms with Crippen molar-refractivity contribution in [3.8, 4) is 5.75 Å². The minimum atomic E-state index is -0.667. The molecule has 1 aliphatic heterocycles.